The Balaban J connectivity index is 1.87. The van der Waals surface area contributed by atoms with Crippen molar-refractivity contribution in [3.05, 3.63) is 86.9 Å². The van der Waals surface area contributed by atoms with E-state index < -0.39 is 29.4 Å². The van der Waals surface area contributed by atoms with Gasteiger partial charge in [0.05, 0.1) is 18.4 Å². The molecule has 3 heterocycles. The molecule has 1 fully saturated rings. The number of aryl methyl sites for hydroxylation is 2. The van der Waals surface area contributed by atoms with Gasteiger partial charge in [-0.2, -0.15) is 0 Å². The summed E-state index contributed by atoms with van der Waals surface area (Å²) >= 11 is 6.01. The van der Waals surface area contributed by atoms with E-state index in [1.165, 1.54) is 47.2 Å². The van der Waals surface area contributed by atoms with Crippen LogP contribution < -0.4 is 15.2 Å². The predicted octanol–water partition coefficient (Wildman–Crippen LogP) is 2.91. The topological polar surface area (TPSA) is 98.6 Å². The minimum Gasteiger partial charge on any atom is -0.480 e. The quantitative estimate of drug-likeness (QED) is 0.424. The molecular weight excluding hydrogens is 446 g/mol. The Labute approximate surface area is 194 Å². The largest absolute Gasteiger partial charge is 0.480 e. The summed E-state index contributed by atoms with van der Waals surface area (Å²) < 4.78 is 6.49. The lowest BCUT2D eigenvalue weighted by molar-refractivity contribution is -0.125. The van der Waals surface area contributed by atoms with Gasteiger partial charge in [0.2, 0.25) is 11.8 Å². The smallest absolute Gasteiger partial charge is 0.253 e. The second-order valence-corrected chi connectivity index (χ2v) is 8.16. The maximum Gasteiger partial charge on any atom is 0.253 e. The van der Waals surface area contributed by atoms with E-state index in [0.717, 1.165) is 0 Å². The first-order valence-corrected chi connectivity index (χ1v) is 10.4. The number of carbonyl (C=O) groups is 3. The number of hydrogen-bond donors (Lipinski definition) is 0. The zero-order valence-electron chi connectivity index (χ0n) is 18.1. The molecule has 0 aliphatic carbocycles. The molecule has 2 atom stereocenters. The Morgan fingerprint density at radius 1 is 1.12 bits per heavy atom. The van der Waals surface area contributed by atoms with Crippen LogP contribution in [-0.2, 0) is 16.6 Å². The molecule has 0 saturated carbocycles. The first-order valence-electron chi connectivity index (χ1n) is 10.1. The van der Waals surface area contributed by atoms with E-state index in [9.17, 15) is 19.2 Å². The summed E-state index contributed by atoms with van der Waals surface area (Å²) in [7, 11) is 2.91. The SMILES string of the molecule is COc1ncccc1C(=O)C1C(=O)C(c2ccc(Cl)cc2)N(c2cc(C)c(=O)n(C)c2)C1=O. The zero-order valence-corrected chi connectivity index (χ0v) is 18.9. The van der Waals surface area contributed by atoms with Crippen LogP contribution in [0, 0.1) is 12.8 Å². The third-order valence-electron chi connectivity index (χ3n) is 5.60. The highest BCUT2D eigenvalue weighted by atomic mass is 35.5. The van der Waals surface area contributed by atoms with Crippen molar-refractivity contribution < 1.29 is 19.1 Å². The van der Waals surface area contributed by atoms with Gasteiger partial charge < -0.3 is 9.30 Å². The summed E-state index contributed by atoms with van der Waals surface area (Å²) in [5.41, 5.74) is 1.04. The summed E-state index contributed by atoms with van der Waals surface area (Å²) in [5.74, 6) is -3.51. The monoisotopic (exact) mass is 465 g/mol. The van der Waals surface area contributed by atoms with Gasteiger partial charge in [-0.15, -0.1) is 0 Å². The van der Waals surface area contributed by atoms with Crippen molar-refractivity contribution in [1.82, 2.24) is 9.55 Å². The number of ketones is 2. The number of hydrogen-bond acceptors (Lipinski definition) is 6. The molecule has 0 spiro atoms. The van der Waals surface area contributed by atoms with E-state index >= 15 is 0 Å². The Bertz CT molecular complexity index is 1310. The molecule has 1 saturated heterocycles. The normalized spacial score (nSPS) is 18.0. The molecule has 168 valence electrons. The van der Waals surface area contributed by atoms with Crippen LogP contribution in [0.1, 0.15) is 27.5 Å². The number of pyridine rings is 2. The van der Waals surface area contributed by atoms with Gasteiger partial charge in [0.25, 0.3) is 5.56 Å². The molecule has 4 rings (SSSR count). The summed E-state index contributed by atoms with van der Waals surface area (Å²) in [6.07, 6.45) is 2.92. The number of halogens is 1. The number of benzene rings is 1. The van der Waals surface area contributed by atoms with Crippen molar-refractivity contribution in [1.29, 1.82) is 0 Å². The van der Waals surface area contributed by atoms with Crippen molar-refractivity contribution in [3.8, 4) is 5.88 Å². The highest BCUT2D eigenvalue weighted by Crippen LogP contribution is 2.39. The molecule has 9 heteroatoms. The maximum atomic E-state index is 13.6. The van der Waals surface area contributed by atoms with Gasteiger partial charge in [-0.3, -0.25) is 24.1 Å². The fraction of sp³-hybridized carbons (Fsp3) is 0.208. The molecule has 1 aliphatic heterocycles. The van der Waals surface area contributed by atoms with Crippen LogP contribution in [0.3, 0.4) is 0 Å². The van der Waals surface area contributed by atoms with E-state index in [2.05, 4.69) is 4.98 Å². The molecule has 8 nitrogen and oxygen atoms in total. The van der Waals surface area contributed by atoms with Gasteiger partial charge in [-0.1, -0.05) is 23.7 Å². The number of ether oxygens (including phenoxy) is 1. The highest BCUT2D eigenvalue weighted by molar-refractivity contribution is 6.33. The molecule has 1 aromatic carbocycles. The van der Waals surface area contributed by atoms with E-state index in [0.29, 0.717) is 21.8 Å². The third kappa shape index (κ3) is 3.82. The molecule has 1 amide bonds. The summed E-state index contributed by atoms with van der Waals surface area (Å²) in [6.45, 7) is 1.62. The lowest BCUT2D eigenvalue weighted by Crippen LogP contribution is -2.33. The van der Waals surface area contributed by atoms with Gasteiger partial charge in [0.15, 0.2) is 17.5 Å². The first kappa shape index (κ1) is 22.4. The standard InChI is InChI=1S/C24H20ClN3O5/c1-13-11-16(12-27(2)23(13)31)28-19(14-6-8-15(25)9-7-14)21(30)18(24(28)32)20(29)17-5-4-10-26-22(17)33-3/h4-12,18-19H,1-3H3. The molecule has 0 radical (unpaired) electrons. The van der Waals surface area contributed by atoms with Crippen LogP contribution in [0.4, 0.5) is 5.69 Å². The second kappa shape index (κ2) is 8.63. The van der Waals surface area contributed by atoms with E-state index in [1.807, 2.05) is 0 Å². The van der Waals surface area contributed by atoms with Crippen LogP contribution in [-0.4, -0.2) is 34.1 Å². The van der Waals surface area contributed by atoms with Crippen LogP contribution >= 0.6 is 11.6 Å². The Morgan fingerprint density at radius 3 is 2.45 bits per heavy atom. The molecule has 2 unspecified atom stereocenters. The van der Waals surface area contributed by atoms with Crippen molar-refractivity contribution in [2.45, 2.75) is 13.0 Å². The van der Waals surface area contributed by atoms with Crippen LogP contribution in [0.5, 0.6) is 5.88 Å². The third-order valence-corrected chi connectivity index (χ3v) is 5.85. The Hall–Kier alpha value is -3.78. The van der Waals surface area contributed by atoms with Crippen molar-refractivity contribution >= 4 is 34.8 Å². The van der Waals surface area contributed by atoms with E-state index in [1.54, 1.807) is 38.2 Å². The molecule has 0 bridgehead atoms. The number of rotatable bonds is 5. The highest BCUT2D eigenvalue weighted by Gasteiger charge is 2.52. The first-order chi connectivity index (χ1) is 15.7. The minimum atomic E-state index is -1.58. The molecular formula is C24H20ClN3O5. The lowest BCUT2D eigenvalue weighted by atomic mass is 9.91. The fourth-order valence-corrected chi connectivity index (χ4v) is 4.16. The molecule has 3 aromatic rings. The van der Waals surface area contributed by atoms with Gasteiger partial charge >= 0.3 is 0 Å². The average Bonchev–Trinajstić information content (AvgIpc) is 3.07. The van der Waals surface area contributed by atoms with Gasteiger partial charge in [0, 0.05) is 30.0 Å². The maximum absolute atomic E-state index is 13.6. The van der Waals surface area contributed by atoms with Crippen LogP contribution in [0.25, 0.3) is 0 Å². The molecule has 2 aromatic heterocycles. The van der Waals surface area contributed by atoms with Crippen molar-refractivity contribution in [3.63, 3.8) is 0 Å². The summed E-state index contributed by atoms with van der Waals surface area (Å²) in [6, 6.07) is 9.96. The van der Waals surface area contributed by atoms with Gasteiger partial charge in [-0.25, -0.2) is 4.98 Å². The van der Waals surface area contributed by atoms with Crippen LogP contribution in [0.15, 0.2) is 59.7 Å². The van der Waals surface area contributed by atoms with Gasteiger partial charge in [-0.05, 0) is 42.8 Å². The number of aromatic nitrogens is 2. The summed E-state index contributed by atoms with van der Waals surface area (Å²) in [4.78, 5) is 58.0. The Kier molecular flexibility index (Phi) is 5.86. The zero-order chi connectivity index (χ0) is 23.9. The predicted molar refractivity (Wildman–Crippen MR) is 122 cm³/mol. The molecule has 0 N–H and O–H groups in total. The second-order valence-electron chi connectivity index (χ2n) is 7.72. The van der Waals surface area contributed by atoms with Crippen LogP contribution in [0.2, 0.25) is 5.02 Å². The number of amides is 1. The Morgan fingerprint density at radius 2 is 1.82 bits per heavy atom. The molecule has 1 aliphatic rings. The average molecular weight is 466 g/mol. The van der Waals surface area contributed by atoms with Crippen molar-refractivity contribution in [2.75, 3.05) is 12.0 Å². The molecule has 33 heavy (non-hydrogen) atoms. The van der Waals surface area contributed by atoms with E-state index in [-0.39, 0.29) is 17.0 Å². The lowest BCUT2D eigenvalue weighted by Gasteiger charge is -2.24. The number of methoxy groups -OCH3 is 1. The minimum absolute atomic E-state index is 0.0301. The van der Waals surface area contributed by atoms with E-state index in [4.69, 9.17) is 16.3 Å². The number of anilines is 1. The fourth-order valence-electron chi connectivity index (χ4n) is 4.03. The van der Waals surface area contributed by atoms with Crippen molar-refractivity contribution in [2.24, 2.45) is 13.0 Å². The van der Waals surface area contributed by atoms with Gasteiger partial charge in [0.1, 0.15) is 6.04 Å². The summed E-state index contributed by atoms with van der Waals surface area (Å²) in [5, 5.41) is 0.466. The number of Topliss-reactive ketones (excluding diaryl/α,β-unsaturated/α-hetero) is 2. The number of carbonyl (C=O) groups excluding carboxylic acids is 3. The number of nitrogens with zero attached hydrogens (tertiary/aromatic N) is 3.